The summed E-state index contributed by atoms with van der Waals surface area (Å²) in [5.74, 6) is -0.892. The van der Waals surface area contributed by atoms with E-state index < -0.39 is 0 Å². The summed E-state index contributed by atoms with van der Waals surface area (Å²) in [6, 6.07) is 12.9. The van der Waals surface area contributed by atoms with E-state index in [1.54, 1.807) is 48.6 Å². The summed E-state index contributed by atoms with van der Waals surface area (Å²) in [4.78, 5) is 15.0. The minimum absolute atomic E-state index is 0.159. The minimum Gasteiger partial charge on any atom is -0.292 e. The molecule has 0 saturated carbocycles. The Balaban J connectivity index is 2.02. The van der Waals surface area contributed by atoms with Crippen LogP contribution in [0, 0.1) is 11.6 Å². The van der Waals surface area contributed by atoms with Gasteiger partial charge in [-0.15, -0.1) is 0 Å². The average Bonchev–Trinajstić information content (AvgIpc) is 2.61. The van der Waals surface area contributed by atoms with Crippen LogP contribution in [0.4, 0.5) is 8.78 Å². The normalized spacial score (nSPS) is 18.9. The van der Waals surface area contributed by atoms with Crippen LogP contribution in [0.3, 0.4) is 0 Å². The van der Waals surface area contributed by atoms with Crippen molar-refractivity contribution in [1.29, 1.82) is 0 Å². The van der Waals surface area contributed by atoms with Crippen molar-refractivity contribution in [2.24, 2.45) is 0 Å². The van der Waals surface area contributed by atoms with Gasteiger partial charge in [-0.2, -0.15) is 0 Å². The van der Waals surface area contributed by atoms with Gasteiger partial charge in [0.2, 0.25) is 0 Å². The van der Waals surface area contributed by atoms with Gasteiger partial charge < -0.3 is 0 Å². The number of nitrogens with zero attached hydrogens (tertiary/aromatic N) is 1. The van der Waals surface area contributed by atoms with Crippen molar-refractivity contribution in [2.75, 3.05) is 13.1 Å². The molecule has 0 spiro atoms. The lowest BCUT2D eigenvalue weighted by atomic mass is 9.93. The van der Waals surface area contributed by atoms with Crippen LogP contribution in [0.1, 0.15) is 25.0 Å². The molecule has 0 aromatic heterocycles. The molecule has 2 aromatic carbocycles. The molecule has 1 aliphatic rings. The molecule has 1 aliphatic heterocycles. The molecule has 3 rings (SSSR count). The number of benzene rings is 2. The van der Waals surface area contributed by atoms with E-state index in [4.69, 9.17) is 0 Å². The zero-order valence-electron chi connectivity index (χ0n) is 14.9. The summed E-state index contributed by atoms with van der Waals surface area (Å²) in [6.45, 7) is 4.97. The van der Waals surface area contributed by atoms with Gasteiger partial charge in [-0.3, -0.25) is 9.69 Å². The van der Waals surface area contributed by atoms with Crippen molar-refractivity contribution in [1.82, 2.24) is 4.90 Å². The highest BCUT2D eigenvalue weighted by molar-refractivity contribution is 6.14. The van der Waals surface area contributed by atoms with E-state index in [9.17, 15) is 13.6 Å². The Hall–Kier alpha value is -2.59. The summed E-state index contributed by atoms with van der Waals surface area (Å²) in [7, 11) is 0. The fourth-order valence-corrected chi connectivity index (χ4v) is 2.99. The van der Waals surface area contributed by atoms with Crippen molar-refractivity contribution >= 4 is 17.9 Å². The maximum absolute atomic E-state index is 14.0. The molecule has 0 aliphatic carbocycles. The fourth-order valence-electron chi connectivity index (χ4n) is 2.99. The molecule has 1 heterocycles. The summed E-state index contributed by atoms with van der Waals surface area (Å²) in [5, 5.41) is 0. The fraction of sp³-hybridized carbons (Fsp3) is 0.227. The number of carbonyl (C=O) groups is 1. The second-order valence-corrected chi connectivity index (χ2v) is 6.71. The molecule has 1 saturated heterocycles. The van der Waals surface area contributed by atoms with Gasteiger partial charge >= 0.3 is 0 Å². The quantitative estimate of drug-likeness (QED) is 0.744. The van der Waals surface area contributed by atoms with Crippen LogP contribution in [0.5, 0.6) is 0 Å². The van der Waals surface area contributed by atoms with Crippen molar-refractivity contribution in [2.45, 2.75) is 19.9 Å². The molecule has 134 valence electrons. The minimum atomic E-state index is -0.367. The number of rotatable bonds is 3. The maximum Gasteiger partial charge on any atom is 0.187 e. The van der Waals surface area contributed by atoms with E-state index in [1.807, 2.05) is 13.8 Å². The Morgan fingerprint density at radius 3 is 1.65 bits per heavy atom. The molecule has 0 unspecified atom stereocenters. The maximum atomic E-state index is 14.0. The third-order valence-corrected chi connectivity index (χ3v) is 4.53. The largest absolute Gasteiger partial charge is 0.292 e. The number of ketones is 1. The van der Waals surface area contributed by atoms with E-state index >= 15 is 0 Å². The number of halogens is 2. The highest BCUT2D eigenvalue weighted by atomic mass is 19.1. The predicted molar refractivity (Wildman–Crippen MR) is 100 cm³/mol. The molecule has 26 heavy (non-hydrogen) atoms. The zero-order chi connectivity index (χ0) is 18.7. The van der Waals surface area contributed by atoms with Crippen LogP contribution in [-0.4, -0.2) is 29.8 Å². The molecule has 0 bridgehead atoms. The smallest absolute Gasteiger partial charge is 0.187 e. The SMILES string of the molecule is CC(C)N1C/C(=C\c2ccccc2F)C(=O)/C(=C/c2ccccc2F)C1. The average molecular weight is 353 g/mol. The van der Waals surface area contributed by atoms with Gasteiger partial charge in [0, 0.05) is 41.4 Å². The van der Waals surface area contributed by atoms with E-state index in [0.717, 1.165) is 0 Å². The van der Waals surface area contributed by atoms with E-state index in [2.05, 4.69) is 4.90 Å². The monoisotopic (exact) mass is 353 g/mol. The lowest BCUT2D eigenvalue weighted by molar-refractivity contribution is -0.113. The van der Waals surface area contributed by atoms with Crippen LogP contribution >= 0.6 is 0 Å². The molecular formula is C22H21F2NO. The van der Waals surface area contributed by atoms with Crippen molar-refractivity contribution < 1.29 is 13.6 Å². The first kappa shape index (κ1) is 18.2. The third-order valence-electron chi connectivity index (χ3n) is 4.53. The van der Waals surface area contributed by atoms with Gasteiger partial charge in [0.1, 0.15) is 11.6 Å². The first-order chi connectivity index (χ1) is 12.5. The van der Waals surface area contributed by atoms with Gasteiger partial charge in [0.25, 0.3) is 0 Å². The van der Waals surface area contributed by atoms with Crippen molar-refractivity contribution in [3.8, 4) is 0 Å². The van der Waals surface area contributed by atoms with Gasteiger partial charge in [0.15, 0.2) is 5.78 Å². The second-order valence-electron chi connectivity index (χ2n) is 6.71. The second kappa shape index (κ2) is 7.75. The summed E-state index contributed by atoms with van der Waals surface area (Å²) in [6.07, 6.45) is 3.20. The lowest BCUT2D eigenvalue weighted by Crippen LogP contribution is -2.41. The summed E-state index contributed by atoms with van der Waals surface area (Å²) < 4.78 is 28.0. The Morgan fingerprint density at radius 1 is 0.846 bits per heavy atom. The van der Waals surface area contributed by atoms with Crippen molar-refractivity contribution in [3.05, 3.63) is 82.4 Å². The molecule has 2 nitrogen and oxygen atoms in total. The molecule has 0 N–H and O–H groups in total. The zero-order valence-corrected chi connectivity index (χ0v) is 14.9. The molecule has 0 atom stereocenters. The molecule has 1 fully saturated rings. The van der Waals surface area contributed by atoms with Gasteiger partial charge in [-0.25, -0.2) is 8.78 Å². The van der Waals surface area contributed by atoms with Crippen molar-refractivity contribution in [3.63, 3.8) is 0 Å². The van der Waals surface area contributed by atoms with Gasteiger partial charge in [-0.1, -0.05) is 36.4 Å². The Bertz CT molecular complexity index is 816. The standard InChI is InChI=1S/C22H21F2NO/c1-15(2)25-13-18(11-16-7-3-5-9-20(16)23)22(26)19(14-25)12-17-8-4-6-10-21(17)24/h3-12,15H,13-14H2,1-2H3/b18-11+,19-12+. The lowest BCUT2D eigenvalue weighted by Gasteiger charge is -2.32. The van der Waals surface area contributed by atoms with Gasteiger partial charge in [-0.05, 0) is 38.1 Å². The van der Waals surface area contributed by atoms with Crippen LogP contribution < -0.4 is 0 Å². The van der Waals surface area contributed by atoms with Crippen LogP contribution in [-0.2, 0) is 4.79 Å². The summed E-state index contributed by atoms with van der Waals surface area (Å²) in [5.41, 5.74) is 1.79. The van der Waals surface area contributed by atoms with Gasteiger partial charge in [0.05, 0.1) is 0 Å². The van der Waals surface area contributed by atoms with Crippen LogP contribution in [0.2, 0.25) is 0 Å². The molecule has 2 aromatic rings. The Kier molecular flexibility index (Phi) is 5.43. The molecular weight excluding hydrogens is 332 g/mol. The Labute approximate surface area is 152 Å². The number of hydrogen-bond acceptors (Lipinski definition) is 2. The Morgan fingerprint density at radius 2 is 1.27 bits per heavy atom. The molecule has 0 amide bonds. The predicted octanol–water partition coefficient (Wildman–Crippen LogP) is 4.72. The number of likely N-dealkylation sites (tertiary alicyclic amines) is 1. The number of piperidine rings is 1. The van der Waals surface area contributed by atoms with E-state index in [0.29, 0.717) is 35.4 Å². The first-order valence-corrected chi connectivity index (χ1v) is 8.64. The molecule has 0 radical (unpaired) electrons. The highest BCUT2D eigenvalue weighted by Gasteiger charge is 2.27. The number of carbonyl (C=O) groups excluding carboxylic acids is 1. The topological polar surface area (TPSA) is 20.3 Å². The van der Waals surface area contributed by atoms with E-state index in [-0.39, 0.29) is 23.5 Å². The first-order valence-electron chi connectivity index (χ1n) is 8.64. The number of Topliss-reactive ketones (excluding diaryl/α,β-unsaturated/α-hetero) is 1. The third kappa shape index (κ3) is 3.97. The van der Waals surface area contributed by atoms with Crippen LogP contribution in [0.25, 0.3) is 12.2 Å². The number of hydrogen-bond donors (Lipinski definition) is 0. The highest BCUT2D eigenvalue weighted by Crippen LogP contribution is 2.24. The molecule has 4 heteroatoms. The summed E-state index contributed by atoms with van der Waals surface area (Å²) >= 11 is 0. The van der Waals surface area contributed by atoms with Crippen LogP contribution in [0.15, 0.2) is 59.7 Å². The van der Waals surface area contributed by atoms with E-state index in [1.165, 1.54) is 12.1 Å².